The molecule has 0 fully saturated rings. The van der Waals surface area contributed by atoms with E-state index >= 15 is 0 Å². The standard InChI is InChI=1S/C7H4F5N3O4S/c8-6(9)4-2(15(16)17)1-3(20(13,18)19)5(14-4)7(10,11)12/h1,6H,(H2,13,18,19). The van der Waals surface area contributed by atoms with Crippen LogP contribution in [0.1, 0.15) is 17.8 Å². The fourth-order valence-electron chi connectivity index (χ4n) is 1.23. The van der Waals surface area contributed by atoms with Crippen LogP contribution in [0.25, 0.3) is 0 Å². The fourth-order valence-corrected chi connectivity index (χ4v) is 1.93. The van der Waals surface area contributed by atoms with Gasteiger partial charge in [-0.15, -0.1) is 0 Å². The number of halogens is 5. The van der Waals surface area contributed by atoms with Gasteiger partial charge in [-0.1, -0.05) is 0 Å². The SMILES string of the molecule is NS(=O)(=O)c1cc([N+](=O)[O-])c(C(F)F)nc1C(F)(F)F. The molecule has 20 heavy (non-hydrogen) atoms. The third-order valence-corrected chi connectivity index (χ3v) is 2.90. The number of primary sulfonamides is 1. The summed E-state index contributed by atoms with van der Waals surface area (Å²) >= 11 is 0. The molecule has 13 heteroatoms. The second-order valence-corrected chi connectivity index (χ2v) is 4.87. The van der Waals surface area contributed by atoms with E-state index in [1.807, 2.05) is 0 Å². The number of hydrogen-bond donors (Lipinski definition) is 1. The molecule has 0 unspecified atom stereocenters. The van der Waals surface area contributed by atoms with Crippen LogP contribution in [0.2, 0.25) is 0 Å². The summed E-state index contributed by atoms with van der Waals surface area (Å²) in [6.07, 6.45) is -9.13. The molecule has 1 rings (SSSR count). The third-order valence-electron chi connectivity index (χ3n) is 1.97. The zero-order chi connectivity index (χ0) is 15.9. The highest BCUT2D eigenvalue weighted by molar-refractivity contribution is 7.89. The molecule has 0 spiro atoms. The molecule has 112 valence electrons. The van der Waals surface area contributed by atoms with Gasteiger partial charge in [0.1, 0.15) is 4.90 Å². The minimum atomic E-state index is -5.43. The van der Waals surface area contributed by atoms with E-state index in [4.69, 9.17) is 0 Å². The summed E-state index contributed by atoms with van der Waals surface area (Å²) in [5, 5.41) is 15.0. The van der Waals surface area contributed by atoms with Gasteiger partial charge in [0.05, 0.1) is 4.92 Å². The van der Waals surface area contributed by atoms with Crippen molar-refractivity contribution in [2.24, 2.45) is 5.14 Å². The highest BCUT2D eigenvalue weighted by Crippen LogP contribution is 2.37. The summed E-state index contributed by atoms with van der Waals surface area (Å²) in [5.74, 6) is 0. The van der Waals surface area contributed by atoms with Crippen LogP contribution in [0.15, 0.2) is 11.0 Å². The van der Waals surface area contributed by atoms with E-state index in [0.717, 1.165) is 0 Å². The molecule has 0 aromatic carbocycles. The van der Waals surface area contributed by atoms with E-state index in [-0.39, 0.29) is 6.07 Å². The Hall–Kier alpha value is -1.89. The number of nitro groups is 1. The number of aromatic nitrogens is 1. The van der Waals surface area contributed by atoms with Crippen LogP contribution < -0.4 is 5.14 Å². The normalized spacial score (nSPS) is 12.8. The zero-order valence-corrected chi connectivity index (χ0v) is 9.87. The Morgan fingerprint density at radius 1 is 1.35 bits per heavy atom. The van der Waals surface area contributed by atoms with Gasteiger partial charge >= 0.3 is 6.18 Å². The predicted molar refractivity (Wildman–Crippen MR) is 52.2 cm³/mol. The molecule has 1 heterocycles. The van der Waals surface area contributed by atoms with Crippen LogP contribution in [-0.4, -0.2) is 18.3 Å². The van der Waals surface area contributed by atoms with Crippen LogP contribution >= 0.6 is 0 Å². The Bertz CT molecular complexity index is 657. The molecule has 0 saturated heterocycles. The molecule has 0 bridgehead atoms. The summed E-state index contributed by atoms with van der Waals surface area (Å²) in [6.45, 7) is 0. The lowest BCUT2D eigenvalue weighted by Gasteiger charge is -2.12. The summed E-state index contributed by atoms with van der Waals surface area (Å²) in [7, 11) is -5.05. The van der Waals surface area contributed by atoms with Crippen LogP contribution in [0.4, 0.5) is 27.6 Å². The van der Waals surface area contributed by atoms with Gasteiger partial charge in [0, 0.05) is 6.07 Å². The molecule has 0 radical (unpaired) electrons. The lowest BCUT2D eigenvalue weighted by molar-refractivity contribution is -0.386. The van der Waals surface area contributed by atoms with Crippen molar-refractivity contribution in [3.63, 3.8) is 0 Å². The van der Waals surface area contributed by atoms with E-state index in [0.29, 0.717) is 0 Å². The van der Waals surface area contributed by atoms with Gasteiger partial charge in [0.25, 0.3) is 12.1 Å². The first kappa shape index (κ1) is 16.2. The van der Waals surface area contributed by atoms with Gasteiger partial charge in [-0.25, -0.2) is 27.3 Å². The molecule has 1 aromatic heterocycles. The van der Waals surface area contributed by atoms with E-state index < -0.39 is 49.5 Å². The maximum Gasteiger partial charge on any atom is 0.434 e. The Labute approximate surface area is 107 Å². The Morgan fingerprint density at radius 3 is 2.15 bits per heavy atom. The second kappa shape index (κ2) is 4.90. The van der Waals surface area contributed by atoms with Crippen molar-refractivity contribution < 1.29 is 35.3 Å². The lowest BCUT2D eigenvalue weighted by atomic mass is 10.2. The number of hydrogen-bond acceptors (Lipinski definition) is 5. The van der Waals surface area contributed by atoms with Crippen molar-refractivity contribution >= 4 is 15.7 Å². The minimum Gasteiger partial charge on any atom is -0.258 e. The number of pyridine rings is 1. The minimum absolute atomic E-state index is 0.188. The van der Waals surface area contributed by atoms with Gasteiger partial charge in [0.2, 0.25) is 10.0 Å². The molecule has 1 aromatic rings. The Kier molecular flexibility index (Phi) is 3.96. The van der Waals surface area contributed by atoms with E-state index in [9.17, 15) is 40.5 Å². The first-order valence-electron chi connectivity index (χ1n) is 4.43. The van der Waals surface area contributed by atoms with Gasteiger partial charge < -0.3 is 0 Å². The second-order valence-electron chi connectivity index (χ2n) is 3.34. The monoisotopic (exact) mass is 321 g/mol. The molecule has 0 saturated carbocycles. The van der Waals surface area contributed by atoms with Crippen molar-refractivity contribution in [2.45, 2.75) is 17.5 Å². The number of sulfonamides is 1. The van der Waals surface area contributed by atoms with Crippen LogP contribution in [0.3, 0.4) is 0 Å². The maximum atomic E-state index is 12.6. The first-order valence-corrected chi connectivity index (χ1v) is 5.97. The molecular formula is C7H4F5N3O4S. The predicted octanol–water partition coefficient (Wildman–Crippen LogP) is 1.59. The quantitative estimate of drug-likeness (QED) is 0.515. The van der Waals surface area contributed by atoms with Crippen LogP contribution in [0.5, 0.6) is 0 Å². The maximum absolute atomic E-state index is 12.6. The topological polar surface area (TPSA) is 116 Å². The summed E-state index contributed by atoms with van der Waals surface area (Å²) in [4.78, 5) is 9.61. The van der Waals surface area contributed by atoms with Crippen LogP contribution in [-0.2, 0) is 16.2 Å². The first-order chi connectivity index (χ1) is 8.85. The number of alkyl halides is 5. The average molecular weight is 321 g/mol. The summed E-state index contributed by atoms with van der Waals surface area (Å²) in [6, 6.07) is -0.188. The molecule has 2 N–H and O–H groups in total. The number of rotatable bonds is 3. The molecule has 0 aliphatic heterocycles. The highest BCUT2D eigenvalue weighted by atomic mass is 32.2. The van der Waals surface area contributed by atoms with Crippen molar-refractivity contribution in [1.29, 1.82) is 0 Å². The van der Waals surface area contributed by atoms with Gasteiger partial charge in [-0.2, -0.15) is 13.2 Å². The fraction of sp³-hybridized carbons (Fsp3) is 0.286. The summed E-state index contributed by atoms with van der Waals surface area (Å²) in [5.41, 5.74) is -5.60. The van der Waals surface area contributed by atoms with Crippen molar-refractivity contribution in [1.82, 2.24) is 4.98 Å². The van der Waals surface area contributed by atoms with Crippen molar-refractivity contribution in [3.8, 4) is 0 Å². The molecule has 0 aliphatic carbocycles. The molecular weight excluding hydrogens is 317 g/mol. The Morgan fingerprint density at radius 2 is 1.85 bits per heavy atom. The van der Waals surface area contributed by atoms with E-state index in [1.54, 1.807) is 0 Å². The average Bonchev–Trinajstić information content (AvgIpc) is 2.24. The number of nitrogens with two attached hydrogens (primary N) is 1. The van der Waals surface area contributed by atoms with Crippen molar-refractivity contribution in [2.75, 3.05) is 0 Å². The van der Waals surface area contributed by atoms with Crippen LogP contribution in [0, 0.1) is 10.1 Å². The summed E-state index contributed by atoms with van der Waals surface area (Å²) < 4.78 is 84.6. The molecule has 0 atom stereocenters. The van der Waals surface area contributed by atoms with Gasteiger partial charge in [-0.05, 0) is 0 Å². The van der Waals surface area contributed by atoms with E-state index in [1.165, 1.54) is 0 Å². The smallest absolute Gasteiger partial charge is 0.258 e. The highest BCUT2D eigenvalue weighted by Gasteiger charge is 2.42. The largest absolute Gasteiger partial charge is 0.434 e. The van der Waals surface area contributed by atoms with Crippen molar-refractivity contribution in [3.05, 3.63) is 27.6 Å². The van der Waals surface area contributed by atoms with Gasteiger partial charge in [-0.3, -0.25) is 10.1 Å². The zero-order valence-electron chi connectivity index (χ0n) is 9.06. The van der Waals surface area contributed by atoms with E-state index in [2.05, 4.69) is 10.1 Å². The number of nitrogens with zero attached hydrogens (tertiary/aromatic N) is 2. The molecule has 0 amide bonds. The Balaban J connectivity index is 3.85. The van der Waals surface area contributed by atoms with Gasteiger partial charge in [0.15, 0.2) is 11.4 Å². The lowest BCUT2D eigenvalue weighted by Crippen LogP contribution is -2.22. The molecule has 7 nitrogen and oxygen atoms in total. The molecule has 0 aliphatic rings. The third kappa shape index (κ3) is 3.16.